The number of carbonyl (C=O) groups excluding carboxylic acids is 1. The van der Waals surface area contributed by atoms with Gasteiger partial charge in [0.15, 0.2) is 0 Å². The van der Waals surface area contributed by atoms with E-state index >= 15 is 0 Å². The molecule has 8 heteroatoms. The zero-order valence-electron chi connectivity index (χ0n) is 16.7. The zero-order valence-corrected chi connectivity index (χ0v) is 19.0. The Labute approximate surface area is 191 Å². The Morgan fingerprint density at radius 1 is 1.16 bits per heavy atom. The minimum absolute atomic E-state index is 0.0592. The predicted octanol–water partition coefficient (Wildman–Crippen LogP) is 4.41. The van der Waals surface area contributed by atoms with Crippen molar-refractivity contribution in [2.75, 3.05) is 6.54 Å². The molecule has 156 valence electrons. The zero-order chi connectivity index (χ0) is 21.7. The van der Waals surface area contributed by atoms with Crippen molar-refractivity contribution >= 4 is 39.1 Å². The molecule has 0 spiro atoms. The van der Waals surface area contributed by atoms with Crippen molar-refractivity contribution < 1.29 is 4.79 Å². The number of aryl methyl sites for hydroxylation is 1. The van der Waals surface area contributed by atoms with Gasteiger partial charge in [-0.2, -0.15) is 5.10 Å². The first kappa shape index (κ1) is 20.0. The first-order chi connectivity index (χ1) is 15.0. The minimum atomic E-state index is -0.121. The van der Waals surface area contributed by atoms with E-state index in [1.54, 1.807) is 38.4 Å². The molecule has 2 aromatic heterocycles. The molecule has 0 saturated carbocycles. The maximum Gasteiger partial charge on any atom is 0.261 e. The van der Waals surface area contributed by atoms with Crippen molar-refractivity contribution in [2.24, 2.45) is 0 Å². The van der Waals surface area contributed by atoms with Crippen molar-refractivity contribution in [3.05, 3.63) is 97.0 Å². The average molecular weight is 498 g/mol. The summed E-state index contributed by atoms with van der Waals surface area (Å²) in [6.45, 7) is 2.70. The van der Waals surface area contributed by atoms with Crippen LogP contribution < -0.4 is 5.56 Å². The van der Waals surface area contributed by atoms with Crippen molar-refractivity contribution in [2.45, 2.75) is 19.9 Å². The molecule has 0 N–H and O–H groups in total. The SMILES string of the molecule is Cc1cnn2c3c(c(=O)n(-c4ccccc4)c12)CCN(C(=O)c1ccc(Br)c(Cl)c1)C3. The Balaban J connectivity index is 1.62. The number of aromatic nitrogens is 3. The highest BCUT2D eigenvalue weighted by Gasteiger charge is 2.28. The normalized spacial score (nSPS) is 13.5. The number of fused-ring (bicyclic) bond motifs is 3. The third kappa shape index (κ3) is 3.28. The summed E-state index contributed by atoms with van der Waals surface area (Å²) < 4.78 is 4.25. The van der Waals surface area contributed by atoms with Crippen molar-refractivity contribution in [3.8, 4) is 5.69 Å². The van der Waals surface area contributed by atoms with Gasteiger partial charge in [0, 0.05) is 27.7 Å². The lowest BCUT2D eigenvalue weighted by Gasteiger charge is -2.29. The summed E-state index contributed by atoms with van der Waals surface area (Å²) in [5, 5.41) is 5.03. The molecule has 0 bridgehead atoms. The summed E-state index contributed by atoms with van der Waals surface area (Å²) in [7, 11) is 0. The van der Waals surface area contributed by atoms with Gasteiger partial charge in [-0.1, -0.05) is 29.8 Å². The molecule has 5 rings (SSSR count). The number of nitrogens with zero attached hydrogens (tertiary/aromatic N) is 4. The van der Waals surface area contributed by atoms with Gasteiger partial charge in [-0.25, -0.2) is 4.52 Å². The topological polar surface area (TPSA) is 59.6 Å². The van der Waals surface area contributed by atoms with Crippen molar-refractivity contribution in [1.29, 1.82) is 0 Å². The molecule has 6 nitrogen and oxygen atoms in total. The smallest absolute Gasteiger partial charge is 0.261 e. The molecule has 1 aliphatic heterocycles. The van der Waals surface area contributed by atoms with E-state index in [-0.39, 0.29) is 11.5 Å². The molecule has 0 saturated heterocycles. The molecule has 4 aromatic rings. The van der Waals surface area contributed by atoms with E-state index in [0.717, 1.165) is 27.1 Å². The molecule has 0 atom stereocenters. The second kappa shape index (κ2) is 7.66. The van der Waals surface area contributed by atoms with E-state index < -0.39 is 0 Å². The quantitative estimate of drug-likeness (QED) is 0.412. The van der Waals surface area contributed by atoms with Crippen LogP contribution in [0.3, 0.4) is 0 Å². The summed E-state index contributed by atoms with van der Waals surface area (Å²) >= 11 is 9.53. The highest BCUT2D eigenvalue weighted by atomic mass is 79.9. The summed E-state index contributed by atoms with van der Waals surface area (Å²) in [4.78, 5) is 28.4. The van der Waals surface area contributed by atoms with Gasteiger partial charge in [0.1, 0.15) is 5.65 Å². The third-order valence-electron chi connectivity index (χ3n) is 5.64. The Hall–Kier alpha value is -2.90. The first-order valence-electron chi connectivity index (χ1n) is 9.86. The lowest BCUT2D eigenvalue weighted by atomic mass is 10.0. The molecule has 31 heavy (non-hydrogen) atoms. The fourth-order valence-electron chi connectivity index (χ4n) is 4.10. The standard InChI is InChI=1S/C23H18BrClN4O2/c1-14-12-26-29-20-13-27(22(30)15-7-8-18(24)19(25)11-15)10-9-17(20)23(31)28(21(14)29)16-5-3-2-4-6-16/h2-8,11-12H,9-10,13H2,1H3. The van der Waals surface area contributed by atoms with Gasteiger partial charge in [-0.05, 0) is 59.6 Å². The highest BCUT2D eigenvalue weighted by Crippen LogP contribution is 2.26. The van der Waals surface area contributed by atoms with Gasteiger partial charge in [-0.3, -0.25) is 14.2 Å². The van der Waals surface area contributed by atoms with Gasteiger partial charge in [0.05, 0.1) is 29.1 Å². The lowest BCUT2D eigenvalue weighted by molar-refractivity contribution is 0.0729. The second-order valence-electron chi connectivity index (χ2n) is 7.57. The molecule has 3 heterocycles. The van der Waals surface area contributed by atoms with Crippen LogP contribution in [-0.4, -0.2) is 31.5 Å². The molecule has 0 radical (unpaired) electrons. The average Bonchev–Trinajstić information content (AvgIpc) is 3.17. The van der Waals surface area contributed by atoms with E-state index in [4.69, 9.17) is 11.6 Å². The summed E-state index contributed by atoms with van der Waals surface area (Å²) in [5.41, 5.74) is 4.31. The summed E-state index contributed by atoms with van der Waals surface area (Å²) in [6, 6.07) is 14.7. The molecule has 0 unspecified atom stereocenters. The van der Waals surface area contributed by atoms with E-state index in [0.29, 0.717) is 35.7 Å². The van der Waals surface area contributed by atoms with Gasteiger partial charge < -0.3 is 4.90 Å². The fraction of sp³-hybridized carbons (Fsp3) is 0.174. The van der Waals surface area contributed by atoms with E-state index in [2.05, 4.69) is 21.0 Å². The fourth-order valence-corrected chi connectivity index (χ4v) is 4.52. The first-order valence-corrected chi connectivity index (χ1v) is 11.0. The van der Waals surface area contributed by atoms with Crippen LogP contribution in [0, 0.1) is 6.92 Å². The molecule has 0 aliphatic carbocycles. The van der Waals surface area contributed by atoms with Crippen LogP contribution in [0.4, 0.5) is 0 Å². The lowest BCUT2D eigenvalue weighted by Crippen LogP contribution is -2.41. The maximum atomic E-state index is 13.5. The number of carbonyl (C=O) groups is 1. The Morgan fingerprint density at radius 3 is 2.68 bits per heavy atom. The number of hydrogen-bond acceptors (Lipinski definition) is 3. The predicted molar refractivity (Wildman–Crippen MR) is 123 cm³/mol. The van der Waals surface area contributed by atoms with Crippen LogP contribution >= 0.6 is 27.5 Å². The monoisotopic (exact) mass is 496 g/mol. The number of para-hydroxylation sites is 1. The van der Waals surface area contributed by atoms with Gasteiger partial charge in [0.2, 0.25) is 0 Å². The van der Waals surface area contributed by atoms with Crippen molar-refractivity contribution in [3.63, 3.8) is 0 Å². The Bertz CT molecular complexity index is 1390. The second-order valence-corrected chi connectivity index (χ2v) is 8.83. The number of amides is 1. The summed E-state index contributed by atoms with van der Waals surface area (Å²) in [6.07, 6.45) is 2.22. The molecule has 2 aromatic carbocycles. The Morgan fingerprint density at radius 2 is 1.94 bits per heavy atom. The van der Waals surface area contributed by atoms with Gasteiger partial charge in [0.25, 0.3) is 11.5 Å². The summed E-state index contributed by atoms with van der Waals surface area (Å²) in [5.74, 6) is -0.121. The number of hydrogen-bond donors (Lipinski definition) is 0. The van der Waals surface area contributed by atoms with Crippen molar-refractivity contribution in [1.82, 2.24) is 19.1 Å². The molecule has 0 fully saturated rings. The van der Waals surface area contributed by atoms with E-state index in [9.17, 15) is 9.59 Å². The van der Waals surface area contributed by atoms with E-state index in [1.165, 1.54) is 0 Å². The molecule has 1 amide bonds. The highest BCUT2D eigenvalue weighted by molar-refractivity contribution is 9.10. The van der Waals surface area contributed by atoms with Crippen LogP contribution in [0.15, 0.2) is 64.0 Å². The van der Waals surface area contributed by atoms with Crippen LogP contribution in [0.5, 0.6) is 0 Å². The number of rotatable bonds is 2. The minimum Gasteiger partial charge on any atom is -0.332 e. The third-order valence-corrected chi connectivity index (χ3v) is 6.87. The number of halogens is 2. The molecule has 1 aliphatic rings. The number of benzene rings is 2. The van der Waals surface area contributed by atoms with Crippen LogP contribution in [0.2, 0.25) is 5.02 Å². The van der Waals surface area contributed by atoms with Gasteiger partial charge in [-0.15, -0.1) is 0 Å². The maximum absolute atomic E-state index is 13.5. The van der Waals surface area contributed by atoms with Crippen LogP contribution in [-0.2, 0) is 13.0 Å². The molecular formula is C23H18BrClN4O2. The Kier molecular flexibility index (Phi) is 4.95. The van der Waals surface area contributed by atoms with Crippen LogP contribution in [0.25, 0.3) is 11.3 Å². The van der Waals surface area contributed by atoms with Gasteiger partial charge >= 0.3 is 0 Å². The van der Waals surface area contributed by atoms with Crippen LogP contribution in [0.1, 0.15) is 27.2 Å². The van der Waals surface area contributed by atoms with E-state index in [1.807, 2.05) is 37.3 Å². The largest absolute Gasteiger partial charge is 0.332 e. The molecular weight excluding hydrogens is 480 g/mol.